The van der Waals surface area contributed by atoms with Crippen molar-refractivity contribution in [2.45, 2.75) is 40.2 Å². The summed E-state index contributed by atoms with van der Waals surface area (Å²) in [6.45, 7) is 10.6. The van der Waals surface area contributed by atoms with E-state index in [2.05, 4.69) is 60.7 Å². The maximum absolute atomic E-state index is 4.56. The van der Waals surface area contributed by atoms with Gasteiger partial charge in [0.25, 0.3) is 0 Å². The van der Waals surface area contributed by atoms with E-state index in [1.807, 2.05) is 6.92 Å². The topological polar surface area (TPSA) is 29.3 Å². The maximum atomic E-state index is 4.56. The van der Waals surface area contributed by atoms with E-state index in [0.717, 1.165) is 17.2 Å². The highest BCUT2D eigenvalue weighted by molar-refractivity contribution is 5.56. The Labute approximate surface area is 96.5 Å². The number of hydrogen-bond donors (Lipinski definition) is 1. The molecule has 2 aromatic heterocycles. The highest BCUT2D eigenvalue weighted by Gasteiger charge is 2.15. The fourth-order valence-electron chi connectivity index (χ4n) is 1.77. The predicted molar refractivity (Wildman–Crippen MR) is 68.0 cm³/mol. The molecule has 0 radical (unpaired) electrons. The molecule has 0 saturated heterocycles. The second kappa shape index (κ2) is 3.51. The van der Waals surface area contributed by atoms with Crippen molar-refractivity contribution in [1.29, 1.82) is 0 Å². The first kappa shape index (κ1) is 11.0. The second-order valence-electron chi connectivity index (χ2n) is 5.35. The van der Waals surface area contributed by atoms with Gasteiger partial charge in [-0.15, -0.1) is 0 Å². The van der Waals surface area contributed by atoms with Gasteiger partial charge in [-0.25, -0.2) is 4.98 Å². The van der Waals surface area contributed by atoms with Gasteiger partial charge < -0.3 is 5.32 Å². The molecule has 0 aliphatic rings. The van der Waals surface area contributed by atoms with Crippen molar-refractivity contribution in [3.63, 3.8) is 0 Å². The minimum absolute atomic E-state index is 0.0472. The van der Waals surface area contributed by atoms with Gasteiger partial charge in [-0.05, 0) is 52.3 Å². The second-order valence-corrected chi connectivity index (χ2v) is 5.35. The number of nitrogens with one attached hydrogen (secondary N) is 1. The summed E-state index contributed by atoms with van der Waals surface area (Å²) in [4.78, 5) is 4.56. The van der Waals surface area contributed by atoms with Crippen LogP contribution in [-0.4, -0.2) is 14.9 Å². The molecule has 2 rings (SSSR count). The molecular weight excluding hydrogens is 198 g/mol. The molecule has 3 nitrogen and oxygen atoms in total. The summed E-state index contributed by atoms with van der Waals surface area (Å²) < 4.78 is 2.10. The Morgan fingerprint density at radius 1 is 1.25 bits per heavy atom. The van der Waals surface area contributed by atoms with Crippen molar-refractivity contribution in [1.82, 2.24) is 9.38 Å². The lowest BCUT2D eigenvalue weighted by atomic mass is 10.1. The number of rotatable bonds is 1. The summed E-state index contributed by atoms with van der Waals surface area (Å²) in [6.07, 6.45) is 2.07. The molecule has 0 spiro atoms. The summed E-state index contributed by atoms with van der Waals surface area (Å²) in [5.74, 6) is 1.09. The Bertz CT molecular complexity index is 518. The average molecular weight is 217 g/mol. The van der Waals surface area contributed by atoms with E-state index in [0.29, 0.717) is 0 Å². The maximum Gasteiger partial charge on any atom is 0.138 e. The van der Waals surface area contributed by atoms with E-state index < -0.39 is 0 Å². The Balaban J connectivity index is 2.56. The molecule has 16 heavy (non-hydrogen) atoms. The predicted octanol–water partition coefficient (Wildman–Crippen LogP) is 3.16. The van der Waals surface area contributed by atoms with Gasteiger partial charge in [-0.1, -0.05) is 0 Å². The minimum atomic E-state index is 0.0472. The molecule has 2 heterocycles. The first-order valence-corrected chi connectivity index (χ1v) is 5.60. The fraction of sp³-hybridized carbons (Fsp3) is 0.462. The molecule has 1 N–H and O–H groups in total. The SMILES string of the molecule is Cc1ccn2c(NC(C)(C)C)c(C)nc2c1. The van der Waals surface area contributed by atoms with E-state index in [1.165, 1.54) is 5.56 Å². The number of aryl methyl sites for hydroxylation is 2. The summed E-state index contributed by atoms with van der Waals surface area (Å²) in [5, 5.41) is 3.49. The summed E-state index contributed by atoms with van der Waals surface area (Å²) in [7, 11) is 0. The fourth-order valence-corrected chi connectivity index (χ4v) is 1.77. The van der Waals surface area contributed by atoms with Gasteiger partial charge >= 0.3 is 0 Å². The molecule has 0 aliphatic heterocycles. The Morgan fingerprint density at radius 3 is 2.56 bits per heavy atom. The lowest BCUT2D eigenvalue weighted by Crippen LogP contribution is -2.27. The quantitative estimate of drug-likeness (QED) is 0.795. The van der Waals surface area contributed by atoms with E-state index in [9.17, 15) is 0 Å². The van der Waals surface area contributed by atoms with Gasteiger partial charge in [0.05, 0.1) is 5.69 Å². The van der Waals surface area contributed by atoms with Crippen molar-refractivity contribution in [3.8, 4) is 0 Å². The molecular formula is C13H19N3. The summed E-state index contributed by atoms with van der Waals surface area (Å²) >= 11 is 0. The van der Waals surface area contributed by atoms with E-state index in [4.69, 9.17) is 0 Å². The van der Waals surface area contributed by atoms with Gasteiger partial charge in [0.2, 0.25) is 0 Å². The lowest BCUT2D eigenvalue weighted by Gasteiger charge is -2.22. The van der Waals surface area contributed by atoms with Crippen LogP contribution in [0.25, 0.3) is 5.65 Å². The highest BCUT2D eigenvalue weighted by Crippen LogP contribution is 2.21. The number of anilines is 1. The smallest absolute Gasteiger partial charge is 0.138 e. The highest BCUT2D eigenvalue weighted by atomic mass is 15.2. The van der Waals surface area contributed by atoms with Gasteiger partial charge in [-0.2, -0.15) is 0 Å². The molecule has 0 amide bonds. The third-order valence-electron chi connectivity index (χ3n) is 2.45. The monoisotopic (exact) mass is 217 g/mol. The molecule has 0 fully saturated rings. The molecule has 0 atom stereocenters. The molecule has 0 saturated carbocycles. The summed E-state index contributed by atoms with van der Waals surface area (Å²) in [5.41, 5.74) is 3.33. The van der Waals surface area contributed by atoms with E-state index >= 15 is 0 Å². The largest absolute Gasteiger partial charge is 0.365 e. The van der Waals surface area contributed by atoms with Crippen molar-refractivity contribution >= 4 is 11.5 Å². The number of imidazole rings is 1. The van der Waals surface area contributed by atoms with Crippen LogP contribution in [0.3, 0.4) is 0 Å². The number of pyridine rings is 1. The van der Waals surface area contributed by atoms with Gasteiger partial charge in [0.15, 0.2) is 0 Å². The third kappa shape index (κ3) is 2.03. The van der Waals surface area contributed by atoms with Crippen molar-refractivity contribution < 1.29 is 0 Å². The van der Waals surface area contributed by atoms with Crippen LogP contribution in [0.2, 0.25) is 0 Å². The number of nitrogens with zero attached hydrogens (tertiary/aromatic N) is 2. The first-order valence-electron chi connectivity index (χ1n) is 5.60. The Hall–Kier alpha value is -1.51. The van der Waals surface area contributed by atoms with E-state index in [1.54, 1.807) is 0 Å². The van der Waals surface area contributed by atoms with Crippen LogP contribution < -0.4 is 5.32 Å². The van der Waals surface area contributed by atoms with Crippen molar-refractivity contribution in [2.24, 2.45) is 0 Å². The van der Waals surface area contributed by atoms with E-state index in [-0.39, 0.29) is 5.54 Å². The van der Waals surface area contributed by atoms with Crippen LogP contribution in [0.15, 0.2) is 18.3 Å². The zero-order valence-electron chi connectivity index (χ0n) is 10.6. The lowest BCUT2D eigenvalue weighted by molar-refractivity contribution is 0.628. The normalized spacial score (nSPS) is 12.1. The molecule has 86 valence electrons. The minimum Gasteiger partial charge on any atom is -0.365 e. The van der Waals surface area contributed by atoms with Gasteiger partial charge in [-0.3, -0.25) is 4.40 Å². The van der Waals surface area contributed by atoms with Crippen LogP contribution >= 0.6 is 0 Å². The third-order valence-corrected chi connectivity index (χ3v) is 2.45. The average Bonchev–Trinajstić information content (AvgIpc) is 2.40. The summed E-state index contributed by atoms with van der Waals surface area (Å²) in [6, 6.07) is 4.20. The Kier molecular flexibility index (Phi) is 2.41. The van der Waals surface area contributed by atoms with Crippen LogP contribution in [-0.2, 0) is 0 Å². The first-order chi connectivity index (χ1) is 7.37. The zero-order valence-corrected chi connectivity index (χ0v) is 10.6. The van der Waals surface area contributed by atoms with Gasteiger partial charge in [0.1, 0.15) is 11.5 Å². The molecule has 0 aliphatic carbocycles. The Morgan fingerprint density at radius 2 is 1.94 bits per heavy atom. The van der Waals surface area contributed by atoms with Crippen LogP contribution in [0, 0.1) is 13.8 Å². The number of fused-ring (bicyclic) bond motifs is 1. The number of aromatic nitrogens is 2. The van der Waals surface area contributed by atoms with Crippen molar-refractivity contribution in [3.05, 3.63) is 29.6 Å². The molecule has 2 aromatic rings. The molecule has 0 aromatic carbocycles. The number of hydrogen-bond acceptors (Lipinski definition) is 2. The molecule has 3 heteroatoms. The zero-order chi connectivity index (χ0) is 11.9. The van der Waals surface area contributed by atoms with Crippen LogP contribution in [0.1, 0.15) is 32.0 Å². The van der Waals surface area contributed by atoms with Crippen LogP contribution in [0.4, 0.5) is 5.82 Å². The molecule has 0 unspecified atom stereocenters. The van der Waals surface area contributed by atoms with Crippen molar-refractivity contribution in [2.75, 3.05) is 5.32 Å². The molecule has 0 bridgehead atoms. The van der Waals surface area contributed by atoms with Crippen LogP contribution in [0.5, 0.6) is 0 Å². The van der Waals surface area contributed by atoms with Gasteiger partial charge in [0, 0.05) is 11.7 Å². The standard InChI is InChI=1S/C13H19N3/c1-9-6-7-16-11(8-9)14-10(2)12(16)15-13(3,4)5/h6-8,15H,1-5H3.